The zero-order valence-corrected chi connectivity index (χ0v) is 12.3. The molecule has 0 saturated heterocycles. The summed E-state index contributed by atoms with van der Waals surface area (Å²) in [4.78, 5) is 8.53. The summed E-state index contributed by atoms with van der Waals surface area (Å²) in [6.45, 7) is 3.04. The van der Waals surface area contributed by atoms with Gasteiger partial charge in [-0.3, -0.25) is 0 Å². The Kier molecular flexibility index (Phi) is 5.56. The predicted molar refractivity (Wildman–Crippen MR) is 75.0 cm³/mol. The maximum atomic E-state index is 12.3. The van der Waals surface area contributed by atoms with Gasteiger partial charge in [0.1, 0.15) is 5.82 Å². The number of rotatable bonds is 5. The van der Waals surface area contributed by atoms with Crippen LogP contribution in [0.5, 0.6) is 0 Å². The minimum Gasteiger partial charge on any atom is -0.310 e. The van der Waals surface area contributed by atoms with Gasteiger partial charge in [0.05, 0.1) is 6.42 Å². The van der Waals surface area contributed by atoms with Crippen molar-refractivity contribution in [3.63, 3.8) is 0 Å². The second kappa shape index (κ2) is 7.20. The molecule has 1 atom stereocenters. The summed E-state index contributed by atoms with van der Waals surface area (Å²) in [6.07, 6.45) is 1.65. The molecule has 0 amide bonds. The molecule has 0 spiro atoms. The van der Waals surface area contributed by atoms with Crippen LogP contribution in [0.4, 0.5) is 13.2 Å². The van der Waals surface area contributed by atoms with Crippen molar-refractivity contribution in [2.45, 2.75) is 64.1 Å². The number of halogens is 3. The van der Waals surface area contributed by atoms with Gasteiger partial charge in [0.15, 0.2) is 0 Å². The Morgan fingerprint density at radius 3 is 2.86 bits per heavy atom. The van der Waals surface area contributed by atoms with E-state index < -0.39 is 12.6 Å². The first-order valence-corrected chi connectivity index (χ1v) is 7.64. The van der Waals surface area contributed by atoms with Gasteiger partial charge in [-0.2, -0.15) is 13.2 Å². The van der Waals surface area contributed by atoms with E-state index in [-0.39, 0.29) is 12.5 Å². The fourth-order valence-electron chi connectivity index (χ4n) is 2.66. The SMILES string of the molecule is CCCNC1CCCCc2nc(CCC(F)(F)F)ncc21. The Labute approximate surface area is 123 Å². The van der Waals surface area contributed by atoms with Crippen LogP contribution in [0.3, 0.4) is 0 Å². The topological polar surface area (TPSA) is 37.8 Å². The summed E-state index contributed by atoms with van der Waals surface area (Å²) in [5.74, 6) is 0.308. The Balaban J connectivity index is 2.12. The molecule has 0 aromatic carbocycles. The number of aryl methyl sites for hydroxylation is 2. The van der Waals surface area contributed by atoms with Crippen LogP contribution in [0.15, 0.2) is 6.20 Å². The van der Waals surface area contributed by atoms with Crippen molar-refractivity contribution in [2.75, 3.05) is 6.54 Å². The third kappa shape index (κ3) is 4.95. The summed E-state index contributed by atoms with van der Waals surface area (Å²) in [7, 11) is 0. The van der Waals surface area contributed by atoms with Gasteiger partial charge in [-0.05, 0) is 32.2 Å². The van der Waals surface area contributed by atoms with Crippen molar-refractivity contribution in [3.8, 4) is 0 Å². The lowest BCUT2D eigenvalue weighted by atomic mass is 10.0. The van der Waals surface area contributed by atoms with Crippen LogP contribution in [-0.2, 0) is 12.8 Å². The number of hydrogen-bond donors (Lipinski definition) is 1. The lowest BCUT2D eigenvalue weighted by Crippen LogP contribution is -2.23. The molecule has 1 unspecified atom stereocenters. The van der Waals surface area contributed by atoms with Gasteiger partial charge >= 0.3 is 6.18 Å². The predicted octanol–water partition coefficient (Wildman–Crippen LogP) is 3.74. The van der Waals surface area contributed by atoms with Crippen LogP contribution in [0.1, 0.15) is 62.2 Å². The summed E-state index contributed by atoms with van der Waals surface area (Å²) in [5.41, 5.74) is 1.99. The molecule has 0 saturated carbocycles. The van der Waals surface area contributed by atoms with Crippen molar-refractivity contribution in [3.05, 3.63) is 23.3 Å². The van der Waals surface area contributed by atoms with Crippen LogP contribution in [0.25, 0.3) is 0 Å². The van der Waals surface area contributed by atoms with Gasteiger partial charge in [0.25, 0.3) is 0 Å². The van der Waals surface area contributed by atoms with Gasteiger partial charge in [-0.1, -0.05) is 13.3 Å². The van der Waals surface area contributed by atoms with E-state index in [4.69, 9.17) is 0 Å². The maximum absolute atomic E-state index is 12.3. The molecule has 0 fully saturated rings. The lowest BCUT2D eigenvalue weighted by Gasteiger charge is -2.18. The van der Waals surface area contributed by atoms with Crippen LogP contribution >= 0.6 is 0 Å². The Hall–Kier alpha value is -1.17. The van der Waals surface area contributed by atoms with Gasteiger partial charge in [-0.15, -0.1) is 0 Å². The molecule has 0 bridgehead atoms. The summed E-state index contributed by atoms with van der Waals surface area (Å²) < 4.78 is 36.8. The van der Waals surface area contributed by atoms with E-state index >= 15 is 0 Å². The molecular formula is C15H22F3N3. The van der Waals surface area contributed by atoms with Crippen LogP contribution in [0.2, 0.25) is 0 Å². The smallest absolute Gasteiger partial charge is 0.310 e. The Morgan fingerprint density at radius 2 is 2.14 bits per heavy atom. The summed E-state index contributed by atoms with van der Waals surface area (Å²) >= 11 is 0. The minimum absolute atomic E-state index is 0.135. The summed E-state index contributed by atoms with van der Waals surface area (Å²) in [5, 5.41) is 3.48. The molecule has 1 aliphatic carbocycles. The number of hydrogen-bond acceptors (Lipinski definition) is 3. The highest BCUT2D eigenvalue weighted by atomic mass is 19.4. The van der Waals surface area contributed by atoms with Gasteiger partial charge in [0, 0.05) is 29.9 Å². The third-order valence-corrected chi connectivity index (χ3v) is 3.75. The van der Waals surface area contributed by atoms with Crippen LogP contribution in [-0.4, -0.2) is 22.7 Å². The molecule has 1 aromatic rings. The molecule has 0 radical (unpaired) electrons. The molecule has 118 valence electrons. The Morgan fingerprint density at radius 1 is 1.33 bits per heavy atom. The molecule has 2 rings (SSSR count). The molecule has 3 nitrogen and oxygen atoms in total. The zero-order chi connectivity index (χ0) is 15.3. The first-order valence-electron chi connectivity index (χ1n) is 7.64. The van der Waals surface area contributed by atoms with Gasteiger partial charge < -0.3 is 5.32 Å². The fraction of sp³-hybridized carbons (Fsp3) is 0.733. The minimum atomic E-state index is -4.15. The lowest BCUT2D eigenvalue weighted by molar-refractivity contribution is -0.134. The zero-order valence-electron chi connectivity index (χ0n) is 12.3. The quantitative estimate of drug-likeness (QED) is 0.842. The Bertz CT molecular complexity index is 460. The number of alkyl halides is 3. The first kappa shape index (κ1) is 16.2. The van der Waals surface area contributed by atoms with Crippen molar-refractivity contribution in [2.24, 2.45) is 0 Å². The van der Waals surface area contributed by atoms with E-state index in [1.54, 1.807) is 6.20 Å². The first-order chi connectivity index (χ1) is 9.99. The van der Waals surface area contributed by atoms with Crippen molar-refractivity contribution >= 4 is 0 Å². The molecule has 1 aromatic heterocycles. The molecule has 1 N–H and O–H groups in total. The third-order valence-electron chi connectivity index (χ3n) is 3.75. The highest BCUT2D eigenvalue weighted by Gasteiger charge is 2.27. The molecule has 1 aliphatic rings. The molecular weight excluding hydrogens is 279 g/mol. The summed E-state index contributed by atoms with van der Waals surface area (Å²) in [6, 6.07) is 0.235. The standard InChI is InChI=1S/C15H22F3N3/c1-2-9-19-12-5-3-4-6-13-11(12)10-20-14(21-13)7-8-15(16,17)18/h10,12,19H,2-9H2,1H3. The van der Waals surface area contributed by atoms with E-state index in [2.05, 4.69) is 22.2 Å². The second-order valence-electron chi connectivity index (χ2n) is 5.56. The molecule has 0 aliphatic heterocycles. The second-order valence-corrected chi connectivity index (χ2v) is 5.56. The number of aromatic nitrogens is 2. The highest BCUT2D eigenvalue weighted by Crippen LogP contribution is 2.28. The monoisotopic (exact) mass is 301 g/mol. The van der Waals surface area contributed by atoms with Crippen LogP contribution in [0, 0.1) is 0 Å². The normalized spacial score (nSPS) is 19.1. The van der Waals surface area contributed by atoms with Crippen LogP contribution < -0.4 is 5.32 Å². The largest absolute Gasteiger partial charge is 0.389 e. The maximum Gasteiger partial charge on any atom is 0.389 e. The average Bonchev–Trinajstić information content (AvgIpc) is 2.64. The molecule has 21 heavy (non-hydrogen) atoms. The van der Waals surface area contributed by atoms with Gasteiger partial charge in [0.2, 0.25) is 0 Å². The van der Waals surface area contributed by atoms with E-state index in [0.717, 1.165) is 49.9 Å². The molecule has 6 heteroatoms. The van der Waals surface area contributed by atoms with Gasteiger partial charge in [-0.25, -0.2) is 9.97 Å². The average molecular weight is 301 g/mol. The van der Waals surface area contributed by atoms with Crippen molar-refractivity contribution in [1.29, 1.82) is 0 Å². The molecule has 1 heterocycles. The van der Waals surface area contributed by atoms with Crippen molar-refractivity contribution < 1.29 is 13.2 Å². The highest BCUT2D eigenvalue weighted by molar-refractivity contribution is 5.23. The fourth-order valence-corrected chi connectivity index (χ4v) is 2.66. The van der Waals surface area contributed by atoms with E-state index in [1.807, 2.05) is 0 Å². The number of nitrogens with one attached hydrogen (secondary N) is 1. The van der Waals surface area contributed by atoms with E-state index in [9.17, 15) is 13.2 Å². The number of fused-ring (bicyclic) bond motifs is 1. The van der Waals surface area contributed by atoms with E-state index in [0.29, 0.717) is 5.82 Å². The van der Waals surface area contributed by atoms with E-state index in [1.165, 1.54) is 0 Å². The number of nitrogens with zero attached hydrogens (tertiary/aromatic N) is 2. The van der Waals surface area contributed by atoms with Crippen molar-refractivity contribution in [1.82, 2.24) is 15.3 Å².